The third-order valence-electron chi connectivity index (χ3n) is 8.64. The van der Waals surface area contributed by atoms with Gasteiger partial charge in [0.1, 0.15) is 6.10 Å². The van der Waals surface area contributed by atoms with Crippen molar-refractivity contribution in [3.8, 4) is 0 Å². The molecule has 0 amide bonds. The Bertz CT molecular complexity index is 868. The van der Waals surface area contributed by atoms with E-state index in [0.717, 1.165) is 31.6 Å². The number of carbonyl (C=O) groups excluding carboxylic acids is 1. The quantitative estimate of drug-likeness (QED) is 0.521. The van der Waals surface area contributed by atoms with Gasteiger partial charge in [-0.2, -0.15) is 0 Å². The predicted octanol–water partition coefficient (Wildman–Crippen LogP) is 0.835. The van der Waals surface area contributed by atoms with Crippen LogP contribution in [-0.2, 0) is 14.3 Å². The summed E-state index contributed by atoms with van der Waals surface area (Å²) in [5, 5.41) is 23.8. The Labute approximate surface area is 177 Å². The van der Waals surface area contributed by atoms with E-state index in [1.54, 1.807) is 7.11 Å². The minimum absolute atomic E-state index is 0.00336. The summed E-state index contributed by atoms with van der Waals surface area (Å²) in [5.74, 6) is -0.766. The summed E-state index contributed by atoms with van der Waals surface area (Å²) in [4.78, 5) is 17.6. The molecule has 164 valence electrons. The van der Waals surface area contributed by atoms with Crippen LogP contribution in [0.1, 0.15) is 26.2 Å². The van der Waals surface area contributed by atoms with Crippen LogP contribution in [0.25, 0.3) is 0 Å². The molecule has 7 nitrogen and oxygen atoms in total. The summed E-state index contributed by atoms with van der Waals surface area (Å²) < 4.78 is 10.7. The maximum absolute atomic E-state index is 13.2. The number of fused-ring (bicyclic) bond motifs is 1. The highest BCUT2D eigenvalue weighted by molar-refractivity contribution is 5.83. The zero-order valence-electron chi connectivity index (χ0n) is 18.2. The molecule has 30 heavy (non-hydrogen) atoms. The summed E-state index contributed by atoms with van der Waals surface area (Å²) in [6.07, 6.45) is 9.35. The van der Waals surface area contributed by atoms with Crippen LogP contribution in [0.15, 0.2) is 35.6 Å². The van der Waals surface area contributed by atoms with E-state index in [1.165, 1.54) is 12.7 Å². The van der Waals surface area contributed by atoms with Gasteiger partial charge in [0.25, 0.3) is 0 Å². The normalized spacial score (nSPS) is 46.7. The van der Waals surface area contributed by atoms with Gasteiger partial charge in [0.2, 0.25) is 5.60 Å². The van der Waals surface area contributed by atoms with E-state index in [2.05, 4.69) is 29.2 Å². The second kappa shape index (κ2) is 6.42. The summed E-state index contributed by atoms with van der Waals surface area (Å²) in [6, 6.07) is -0.606. The molecule has 1 spiro atoms. The van der Waals surface area contributed by atoms with Crippen LogP contribution < -0.4 is 0 Å². The van der Waals surface area contributed by atoms with E-state index in [0.29, 0.717) is 6.42 Å². The Kier molecular flexibility index (Phi) is 4.33. The molecular weight excluding hydrogens is 384 g/mol. The van der Waals surface area contributed by atoms with Gasteiger partial charge in [0.15, 0.2) is 0 Å². The molecule has 7 atom stereocenters. The van der Waals surface area contributed by atoms with Gasteiger partial charge in [-0.1, -0.05) is 25.2 Å². The molecule has 0 radical (unpaired) electrons. The molecule has 3 unspecified atom stereocenters. The SMILES string of the molecule is CC[C@]12C=CCN3CCC4(C5=CCC(OC)C=C5N(C)[C@H]4C(O)(C(=O)OC)[C@@H]1O)[C@@H]32. The number of likely N-dealkylation sites (N-methyl/N-ethyl adjacent to an activating group) is 1. The van der Waals surface area contributed by atoms with Crippen molar-refractivity contribution >= 4 is 5.97 Å². The maximum atomic E-state index is 13.2. The largest absolute Gasteiger partial charge is 0.467 e. The lowest BCUT2D eigenvalue weighted by Gasteiger charge is -2.62. The fourth-order valence-electron chi connectivity index (χ4n) is 7.59. The lowest BCUT2D eigenvalue weighted by atomic mass is 9.47. The van der Waals surface area contributed by atoms with Crippen LogP contribution in [0, 0.1) is 10.8 Å². The van der Waals surface area contributed by atoms with Gasteiger partial charge in [-0.3, -0.25) is 4.90 Å². The molecule has 0 bridgehead atoms. The number of aliphatic hydroxyl groups excluding tert-OH is 1. The monoisotopic (exact) mass is 416 g/mol. The molecule has 3 heterocycles. The lowest BCUT2D eigenvalue weighted by Crippen LogP contribution is -2.79. The van der Waals surface area contributed by atoms with Gasteiger partial charge in [-0.25, -0.2) is 4.79 Å². The van der Waals surface area contributed by atoms with Gasteiger partial charge in [0.05, 0.1) is 19.3 Å². The molecule has 7 heteroatoms. The van der Waals surface area contributed by atoms with Crippen LogP contribution in [0.4, 0.5) is 0 Å². The summed E-state index contributed by atoms with van der Waals surface area (Å²) in [6.45, 7) is 3.72. The smallest absolute Gasteiger partial charge is 0.342 e. The molecule has 0 aromatic heterocycles. The second-order valence-electron chi connectivity index (χ2n) is 9.47. The van der Waals surface area contributed by atoms with Gasteiger partial charge >= 0.3 is 5.97 Å². The number of carbonyl (C=O) groups is 1. The van der Waals surface area contributed by atoms with Crippen molar-refractivity contribution in [1.29, 1.82) is 0 Å². The minimum atomic E-state index is -2.05. The number of hydrogen-bond acceptors (Lipinski definition) is 7. The number of aliphatic hydroxyl groups is 2. The first-order valence-corrected chi connectivity index (χ1v) is 10.9. The van der Waals surface area contributed by atoms with Crippen LogP contribution in [0.3, 0.4) is 0 Å². The van der Waals surface area contributed by atoms with Crippen LogP contribution in [-0.4, -0.2) is 90.2 Å². The van der Waals surface area contributed by atoms with Crippen molar-refractivity contribution in [2.24, 2.45) is 10.8 Å². The number of nitrogens with zero attached hydrogens (tertiary/aromatic N) is 2. The number of methoxy groups -OCH3 is 2. The highest BCUT2D eigenvalue weighted by Crippen LogP contribution is 2.69. The van der Waals surface area contributed by atoms with Gasteiger partial charge in [-0.05, 0) is 37.5 Å². The Balaban J connectivity index is 1.81. The second-order valence-corrected chi connectivity index (χ2v) is 9.47. The zero-order chi connectivity index (χ0) is 21.5. The van der Waals surface area contributed by atoms with Gasteiger partial charge < -0.3 is 24.6 Å². The highest BCUT2D eigenvalue weighted by Gasteiger charge is 2.79. The van der Waals surface area contributed by atoms with Crippen molar-refractivity contribution in [2.45, 2.75) is 56.1 Å². The summed E-state index contributed by atoms with van der Waals surface area (Å²) in [5.41, 5.74) is -1.07. The van der Waals surface area contributed by atoms with Crippen LogP contribution in [0.5, 0.6) is 0 Å². The lowest BCUT2D eigenvalue weighted by molar-refractivity contribution is -0.235. The number of hydrogen-bond donors (Lipinski definition) is 2. The van der Waals surface area contributed by atoms with E-state index < -0.39 is 34.5 Å². The summed E-state index contributed by atoms with van der Waals surface area (Å²) in [7, 11) is 4.89. The van der Waals surface area contributed by atoms with E-state index in [4.69, 9.17) is 9.47 Å². The van der Waals surface area contributed by atoms with Crippen LogP contribution >= 0.6 is 0 Å². The van der Waals surface area contributed by atoms with E-state index in [9.17, 15) is 15.0 Å². The predicted molar refractivity (Wildman–Crippen MR) is 110 cm³/mol. The molecule has 2 aliphatic carbocycles. The highest BCUT2D eigenvalue weighted by atomic mass is 16.5. The Hall–Kier alpha value is -1.67. The molecule has 0 aromatic carbocycles. The molecule has 5 rings (SSSR count). The first kappa shape index (κ1) is 20.2. The average Bonchev–Trinajstić information content (AvgIpc) is 3.28. The molecular formula is C23H32N2O5. The van der Waals surface area contributed by atoms with E-state index >= 15 is 0 Å². The molecule has 3 fully saturated rings. The number of rotatable bonds is 3. The molecule has 3 aliphatic heterocycles. The molecule has 5 aliphatic rings. The van der Waals surface area contributed by atoms with E-state index in [1.807, 2.05) is 18.9 Å². The Morgan fingerprint density at radius 3 is 2.77 bits per heavy atom. The zero-order valence-corrected chi connectivity index (χ0v) is 18.2. The fraction of sp³-hybridized carbons (Fsp3) is 0.696. The maximum Gasteiger partial charge on any atom is 0.342 e. The Morgan fingerprint density at radius 2 is 2.10 bits per heavy atom. The standard InChI is InChI=1S/C23H32N2O5/c1-5-21-9-6-11-25-12-10-22(17(21)25)15-8-7-14(29-3)13-16(15)24(2)18(22)23(28,19(21)26)20(27)30-4/h6,8-9,13-14,17-19,26,28H,5,7,10-12H2,1-4H3/t14?,17-,18+,19+,21+,22?,23?/m0/s1. The fourth-order valence-corrected chi connectivity index (χ4v) is 7.59. The van der Waals surface area contributed by atoms with Crippen LogP contribution in [0.2, 0.25) is 0 Å². The first-order valence-electron chi connectivity index (χ1n) is 10.9. The summed E-state index contributed by atoms with van der Waals surface area (Å²) >= 11 is 0. The van der Waals surface area contributed by atoms with Crippen molar-refractivity contribution in [2.75, 3.05) is 34.4 Å². The van der Waals surface area contributed by atoms with Crippen molar-refractivity contribution in [3.05, 3.63) is 35.6 Å². The van der Waals surface area contributed by atoms with E-state index in [-0.39, 0.29) is 12.1 Å². The minimum Gasteiger partial charge on any atom is -0.467 e. The number of allylic oxidation sites excluding steroid dienone is 1. The van der Waals surface area contributed by atoms with Crippen molar-refractivity contribution < 1.29 is 24.5 Å². The number of ether oxygens (including phenoxy) is 2. The topological polar surface area (TPSA) is 82.5 Å². The average molecular weight is 417 g/mol. The Morgan fingerprint density at radius 1 is 1.33 bits per heavy atom. The number of likely N-dealkylation sites (tertiary alicyclic amines) is 1. The molecule has 0 aromatic rings. The third kappa shape index (κ3) is 2.03. The van der Waals surface area contributed by atoms with Crippen molar-refractivity contribution in [1.82, 2.24) is 9.80 Å². The number of esters is 1. The van der Waals surface area contributed by atoms with Gasteiger partial charge in [0, 0.05) is 43.3 Å². The van der Waals surface area contributed by atoms with Crippen molar-refractivity contribution in [3.63, 3.8) is 0 Å². The van der Waals surface area contributed by atoms with Gasteiger partial charge in [-0.15, -0.1) is 0 Å². The first-order chi connectivity index (χ1) is 14.3. The molecule has 1 saturated carbocycles. The molecule has 2 N–H and O–H groups in total. The molecule has 2 saturated heterocycles. The third-order valence-corrected chi connectivity index (χ3v) is 8.64.